The third kappa shape index (κ3) is 4.52. The Balaban J connectivity index is 1.68. The van der Waals surface area contributed by atoms with E-state index in [1.54, 1.807) is 25.1 Å². The summed E-state index contributed by atoms with van der Waals surface area (Å²) in [5.41, 5.74) is 0.795. The Hall–Kier alpha value is -3.89. The van der Waals surface area contributed by atoms with Gasteiger partial charge in [0, 0.05) is 33.3 Å². The number of hydrogen-bond donors (Lipinski definition) is 1. The highest BCUT2D eigenvalue weighted by atomic mass is 35.5. The number of para-hydroxylation sites is 2. The van der Waals surface area contributed by atoms with Gasteiger partial charge in [0.05, 0.1) is 10.6 Å². The third-order valence-corrected chi connectivity index (χ3v) is 5.90. The van der Waals surface area contributed by atoms with E-state index in [1.165, 1.54) is 40.3 Å². The molecule has 0 saturated carbocycles. The van der Waals surface area contributed by atoms with Crippen molar-refractivity contribution in [2.24, 2.45) is 0 Å². The summed E-state index contributed by atoms with van der Waals surface area (Å²) < 4.78 is 1.21. The lowest BCUT2D eigenvalue weighted by Gasteiger charge is -2.11. The number of thiazole rings is 1. The summed E-state index contributed by atoms with van der Waals surface area (Å²) in [5.74, 6) is -0.760. The highest BCUT2D eigenvalue weighted by Crippen LogP contribution is 2.31. The molecule has 0 aliphatic carbocycles. The van der Waals surface area contributed by atoms with Gasteiger partial charge in [0.2, 0.25) is 5.43 Å². The third-order valence-electron chi connectivity index (χ3n) is 4.76. The zero-order chi connectivity index (χ0) is 23.7. The van der Waals surface area contributed by atoms with Gasteiger partial charge in [-0.1, -0.05) is 35.9 Å². The number of nitrogens with zero attached hydrogens (tertiary/aromatic N) is 4. The number of carbonyl (C=O) groups is 1. The molecule has 4 rings (SSSR count). The van der Waals surface area contributed by atoms with Gasteiger partial charge in [-0.05, 0) is 32.0 Å². The fourth-order valence-corrected chi connectivity index (χ4v) is 4.18. The Bertz CT molecular complexity index is 1450. The minimum Gasteiger partial charge on any atom is -0.296 e. The molecule has 0 unspecified atom stereocenters. The van der Waals surface area contributed by atoms with Crippen LogP contribution < -0.4 is 10.7 Å². The molecule has 2 heterocycles. The molecule has 0 aliphatic heterocycles. The number of hydrogen-bond acceptors (Lipinski definition) is 7. The summed E-state index contributed by atoms with van der Waals surface area (Å²) in [5, 5.41) is 19.0. The van der Waals surface area contributed by atoms with Crippen molar-refractivity contribution in [2.75, 3.05) is 5.32 Å². The Morgan fingerprint density at radius 3 is 2.55 bits per heavy atom. The van der Waals surface area contributed by atoms with Crippen molar-refractivity contribution in [1.29, 1.82) is 0 Å². The van der Waals surface area contributed by atoms with Crippen LogP contribution in [0.3, 0.4) is 0 Å². The predicted octanol–water partition coefficient (Wildman–Crippen LogP) is 4.79. The molecule has 0 saturated heterocycles. The van der Waals surface area contributed by atoms with Gasteiger partial charge in [-0.3, -0.25) is 25.0 Å². The number of nitro benzene ring substituents is 1. The zero-order valence-corrected chi connectivity index (χ0v) is 19.0. The highest BCUT2D eigenvalue weighted by Gasteiger charge is 2.21. The van der Waals surface area contributed by atoms with Gasteiger partial charge < -0.3 is 0 Å². The molecule has 0 fully saturated rings. The van der Waals surface area contributed by atoms with E-state index >= 15 is 0 Å². The lowest BCUT2D eigenvalue weighted by Crippen LogP contribution is -2.27. The smallest absolute Gasteiger partial charge is 0.294 e. The molecular formula is C22H16ClN5O4S. The Morgan fingerprint density at radius 2 is 1.85 bits per heavy atom. The van der Waals surface area contributed by atoms with Crippen LogP contribution in [0, 0.1) is 24.0 Å². The van der Waals surface area contributed by atoms with E-state index in [-0.39, 0.29) is 11.4 Å². The molecule has 9 nitrogen and oxygen atoms in total. The standard InChI is InChI=1S/C22H16ClN5O4S/c1-12-11-18(29)20(26-27(12)16-5-3-4-6-17(16)28(31)32)21(30)25-22-24-19(13(2)33-22)14-7-9-15(23)10-8-14/h3-11H,1-2H3,(H,24,25,30). The van der Waals surface area contributed by atoms with Crippen LogP contribution in [-0.2, 0) is 0 Å². The molecular weight excluding hydrogens is 466 g/mol. The molecule has 0 atom stereocenters. The lowest BCUT2D eigenvalue weighted by molar-refractivity contribution is -0.384. The molecule has 0 spiro atoms. The van der Waals surface area contributed by atoms with Crippen molar-refractivity contribution < 1.29 is 9.72 Å². The second kappa shape index (κ2) is 8.93. The minimum atomic E-state index is -0.760. The monoisotopic (exact) mass is 481 g/mol. The molecule has 0 radical (unpaired) electrons. The first-order chi connectivity index (χ1) is 15.7. The van der Waals surface area contributed by atoms with Gasteiger partial charge in [0.15, 0.2) is 10.8 Å². The van der Waals surface area contributed by atoms with Gasteiger partial charge in [-0.25, -0.2) is 9.67 Å². The van der Waals surface area contributed by atoms with Crippen LogP contribution in [-0.4, -0.2) is 25.6 Å². The Morgan fingerprint density at radius 1 is 1.15 bits per heavy atom. The number of amides is 1. The van der Waals surface area contributed by atoms with E-state index in [0.29, 0.717) is 21.5 Å². The van der Waals surface area contributed by atoms with E-state index in [2.05, 4.69) is 15.4 Å². The van der Waals surface area contributed by atoms with E-state index in [9.17, 15) is 19.7 Å². The maximum Gasteiger partial charge on any atom is 0.294 e. The number of aryl methyl sites for hydroxylation is 2. The van der Waals surface area contributed by atoms with Crippen LogP contribution in [0.5, 0.6) is 0 Å². The number of nitro groups is 1. The molecule has 166 valence electrons. The van der Waals surface area contributed by atoms with Gasteiger partial charge in [-0.15, -0.1) is 11.3 Å². The fourth-order valence-electron chi connectivity index (χ4n) is 3.23. The number of nitrogens with one attached hydrogen (secondary N) is 1. The van der Waals surface area contributed by atoms with Crippen molar-refractivity contribution in [3.63, 3.8) is 0 Å². The summed E-state index contributed by atoms with van der Waals surface area (Å²) >= 11 is 7.19. The molecule has 1 N–H and O–H groups in total. The number of carbonyl (C=O) groups excluding carboxylic acids is 1. The molecule has 0 bridgehead atoms. The van der Waals surface area contributed by atoms with Gasteiger partial charge in [-0.2, -0.15) is 5.10 Å². The Labute approximate surface area is 196 Å². The van der Waals surface area contributed by atoms with E-state index < -0.39 is 22.0 Å². The molecule has 2 aromatic heterocycles. The SMILES string of the molecule is Cc1sc(NC(=O)c2nn(-c3ccccc3[N+](=O)[O-])c(C)cc2=O)nc1-c1ccc(Cl)cc1. The zero-order valence-electron chi connectivity index (χ0n) is 17.4. The minimum absolute atomic E-state index is 0.143. The summed E-state index contributed by atoms with van der Waals surface area (Å²) in [6.07, 6.45) is 0. The van der Waals surface area contributed by atoms with Crippen molar-refractivity contribution in [3.05, 3.63) is 96.2 Å². The molecule has 1 amide bonds. The largest absolute Gasteiger partial charge is 0.296 e. The van der Waals surface area contributed by atoms with Crippen molar-refractivity contribution in [3.8, 4) is 16.9 Å². The number of halogens is 1. The molecule has 11 heteroatoms. The van der Waals surface area contributed by atoms with Gasteiger partial charge in [0.25, 0.3) is 11.6 Å². The van der Waals surface area contributed by atoms with Crippen LogP contribution in [0.1, 0.15) is 21.1 Å². The maximum absolute atomic E-state index is 12.9. The first kappa shape index (κ1) is 22.3. The van der Waals surface area contributed by atoms with Crippen molar-refractivity contribution in [2.45, 2.75) is 13.8 Å². The lowest BCUT2D eigenvalue weighted by atomic mass is 10.1. The normalized spacial score (nSPS) is 10.8. The second-order valence-electron chi connectivity index (χ2n) is 7.04. The first-order valence-corrected chi connectivity index (χ1v) is 10.8. The van der Waals surface area contributed by atoms with Crippen LogP contribution in [0.15, 0.2) is 59.4 Å². The number of anilines is 1. The van der Waals surface area contributed by atoms with Crippen LogP contribution in [0.25, 0.3) is 16.9 Å². The Kier molecular flexibility index (Phi) is 6.03. The summed E-state index contributed by atoms with van der Waals surface area (Å²) in [6.45, 7) is 3.44. The fraction of sp³-hybridized carbons (Fsp3) is 0.0909. The average Bonchev–Trinajstić information content (AvgIpc) is 3.14. The first-order valence-electron chi connectivity index (χ1n) is 9.64. The number of aromatic nitrogens is 3. The molecule has 33 heavy (non-hydrogen) atoms. The van der Waals surface area contributed by atoms with Crippen LogP contribution in [0.4, 0.5) is 10.8 Å². The van der Waals surface area contributed by atoms with E-state index in [0.717, 1.165) is 10.4 Å². The van der Waals surface area contributed by atoms with Crippen LogP contribution in [0.2, 0.25) is 5.02 Å². The van der Waals surface area contributed by atoms with Gasteiger partial charge in [0.1, 0.15) is 5.69 Å². The second-order valence-corrected chi connectivity index (χ2v) is 8.68. The number of benzene rings is 2. The summed E-state index contributed by atoms with van der Waals surface area (Å²) in [7, 11) is 0. The van der Waals surface area contributed by atoms with E-state index in [4.69, 9.17) is 11.6 Å². The molecule has 4 aromatic rings. The predicted molar refractivity (Wildman–Crippen MR) is 126 cm³/mol. The molecule has 0 aliphatic rings. The van der Waals surface area contributed by atoms with Crippen molar-refractivity contribution in [1.82, 2.24) is 14.8 Å². The summed E-state index contributed by atoms with van der Waals surface area (Å²) in [4.78, 5) is 41.6. The van der Waals surface area contributed by atoms with E-state index in [1.807, 2.05) is 19.1 Å². The summed E-state index contributed by atoms with van der Waals surface area (Å²) in [6, 6.07) is 14.3. The van der Waals surface area contributed by atoms with Crippen LogP contribution >= 0.6 is 22.9 Å². The highest BCUT2D eigenvalue weighted by molar-refractivity contribution is 7.16. The van der Waals surface area contributed by atoms with Gasteiger partial charge >= 0.3 is 0 Å². The topological polar surface area (TPSA) is 120 Å². The quantitative estimate of drug-likeness (QED) is 0.323. The maximum atomic E-state index is 12.9. The average molecular weight is 482 g/mol. The van der Waals surface area contributed by atoms with Crippen molar-refractivity contribution >= 4 is 39.7 Å². The number of rotatable bonds is 5. The molecule has 2 aromatic carbocycles.